The van der Waals surface area contributed by atoms with Crippen molar-refractivity contribution in [2.45, 2.75) is 50.4 Å². The highest BCUT2D eigenvalue weighted by Gasteiger charge is 2.54. The van der Waals surface area contributed by atoms with Crippen molar-refractivity contribution in [1.29, 1.82) is 0 Å². The van der Waals surface area contributed by atoms with Crippen molar-refractivity contribution in [2.24, 2.45) is 0 Å². The van der Waals surface area contributed by atoms with Crippen molar-refractivity contribution in [3.8, 4) is 5.88 Å². The number of carboxylic acids is 1. The summed E-state index contributed by atoms with van der Waals surface area (Å²) in [4.78, 5) is 35.5. The van der Waals surface area contributed by atoms with Gasteiger partial charge in [-0.05, 0) is 12.5 Å². The summed E-state index contributed by atoms with van der Waals surface area (Å²) in [6.07, 6.45) is -3.18. The summed E-state index contributed by atoms with van der Waals surface area (Å²) in [6.45, 7) is 0.545. The highest BCUT2D eigenvalue weighted by atomic mass is 31.2. The van der Waals surface area contributed by atoms with Gasteiger partial charge in [0.1, 0.15) is 24.4 Å². The quantitative estimate of drug-likeness (QED) is 0.0987. The largest absolute Gasteiger partial charge is 0.481 e. The molecule has 2 aromatic heterocycles. The molecule has 7 N–H and O–H groups in total. The number of aliphatic carboxylic acids is 1. The summed E-state index contributed by atoms with van der Waals surface area (Å²) in [7, 11) is -2.60. The highest BCUT2D eigenvalue weighted by Crippen LogP contribution is 2.43. The lowest BCUT2D eigenvalue weighted by atomic mass is 9.96. The maximum Gasteiger partial charge on any atom is 0.340 e. The molecule has 1 aliphatic rings. The van der Waals surface area contributed by atoms with E-state index >= 15 is 0 Å². The molecule has 43 heavy (non-hydrogen) atoms. The maximum absolute atomic E-state index is 13.5. The number of nitrogens with two attached hydrogens (primary N) is 1. The van der Waals surface area contributed by atoms with E-state index in [2.05, 4.69) is 25.1 Å². The lowest BCUT2D eigenvalue weighted by Gasteiger charge is -2.27. The first-order valence-electron chi connectivity index (χ1n) is 13.2. The molecule has 234 valence electrons. The Kier molecular flexibility index (Phi) is 10.3. The molecule has 1 unspecified atom stereocenters. The van der Waals surface area contributed by atoms with E-state index < -0.39 is 50.3 Å². The lowest BCUT2D eigenvalue weighted by Crippen LogP contribution is -2.44. The molecule has 1 aliphatic heterocycles. The van der Waals surface area contributed by atoms with Crippen LogP contribution in [0.15, 0.2) is 36.7 Å². The smallest absolute Gasteiger partial charge is 0.340 e. The van der Waals surface area contributed by atoms with Crippen LogP contribution < -0.4 is 20.6 Å². The Morgan fingerprint density at radius 3 is 2.56 bits per heavy atom. The molecule has 0 amide bonds. The van der Waals surface area contributed by atoms with Gasteiger partial charge in [-0.3, -0.25) is 18.7 Å². The minimum absolute atomic E-state index is 0.0697. The van der Waals surface area contributed by atoms with Gasteiger partial charge < -0.3 is 39.8 Å². The Bertz CT molecular complexity index is 1470. The summed E-state index contributed by atoms with van der Waals surface area (Å²) >= 11 is 0. The van der Waals surface area contributed by atoms with Crippen molar-refractivity contribution in [2.75, 3.05) is 32.5 Å². The van der Waals surface area contributed by atoms with Crippen molar-refractivity contribution in [1.82, 2.24) is 29.7 Å². The number of fused-ring (bicyclic) bond motifs is 1. The molecule has 0 spiro atoms. The van der Waals surface area contributed by atoms with E-state index in [0.717, 1.165) is 5.56 Å². The summed E-state index contributed by atoms with van der Waals surface area (Å²) < 4.78 is 36.8. The van der Waals surface area contributed by atoms with Gasteiger partial charge >= 0.3 is 19.6 Å². The summed E-state index contributed by atoms with van der Waals surface area (Å²) in [6, 6.07) is 9.07. The monoisotopic (exact) mass is 623 g/mol. The van der Waals surface area contributed by atoms with Crippen LogP contribution >= 0.6 is 7.67 Å². The molecular formula is C25H34N7O10P. The topological polar surface area (TPSA) is 242 Å². The average molecular weight is 624 g/mol. The van der Waals surface area contributed by atoms with Gasteiger partial charge in [-0.2, -0.15) is 9.97 Å². The third-order valence-corrected chi connectivity index (χ3v) is 8.37. The van der Waals surface area contributed by atoms with Gasteiger partial charge in [-0.1, -0.05) is 30.3 Å². The molecule has 1 saturated heterocycles. The van der Waals surface area contributed by atoms with Crippen LogP contribution in [-0.2, 0) is 34.8 Å². The molecule has 0 bridgehead atoms. The molecule has 1 fully saturated rings. The zero-order chi connectivity index (χ0) is 31.2. The van der Waals surface area contributed by atoms with E-state index in [1.54, 1.807) is 12.1 Å². The number of aliphatic hydroxyl groups excluding tert-OH is 1. The fourth-order valence-electron chi connectivity index (χ4n) is 4.35. The number of ether oxygens (including phenoxy) is 3. The van der Waals surface area contributed by atoms with E-state index in [1.807, 2.05) is 18.2 Å². The summed E-state index contributed by atoms with van der Waals surface area (Å²) in [5, 5.41) is 36.2. The average Bonchev–Trinajstić information content (AvgIpc) is 3.48. The number of aliphatic hydroxyl groups is 2. The number of carbonyl (C=O) groups is 2. The predicted octanol–water partition coefficient (Wildman–Crippen LogP) is 0.339. The zero-order valence-corrected chi connectivity index (χ0v) is 24.3. The molecule has 18 heteroatoms. The Morgan fingerprint density at radius 2 is 1.88 bits per heavy atom. The minimum atomic E-state index is -3.98. The molecule has 17 nitrogen and oxygen atoms in total. The number of nitrogens with zero attached hydrogens (tertiary/aromatic N) is 4. The van der Waals surface area contributed by atoms with Crippen LogP contribution in [0.5, 0.6) is 5.88 Å². The third kappa shape index (κ3) is 7.83. The van der Waals surface area contributed by atoms with Gasteiger partial charge in [-0.25, -0.2) is 15.2 Å². The first-order chi connectivity index (χ1) is 20.4. The molecular weight excluding hydrogens is 589 g/mol. The molecule has 0 saturated carbocycles. The lowest BCUT2D eigenvalue weighted by molar-refractivity contribution is -0.144. The number of nitrogens with one attached hydrogen (secondary N) is 2. The number of hydrogen-bond donors (Lipinski definition) is 6. The normalized spacial score (nSPS) is 23.2. The molecule has 4 rings (SSSR count). The number of hydrogen-bond acceptors (Lipinski definition) is 13. The van der Waals surface area contributed by atoms with Crippen LogP contribution in [-0.4, -0.2) is 91.4 Å². The van der Waals surface area contributed by atoms with Crippen LogP contribution in [0.3, 0.4) is 0 Å². The Labute approximate surface area is 245 Å². The van der Waals surface area contributed by atoms with E-state index in [-0.39, 0.29) is 55.5 Å². The molecule has 3 aromatic rings. The Hall–Kier alpha value is -3.70. The molecule has 3 heterocycles. The van der Waals surface area contributed by atoms with Crippen LogP contribution in [0.1, 0.15) is 31.6 Å². The van der Waals surface area contributed by atoms with Crippen molar-refractivity contribution < 1.29 is 48.2 Å². The minimum Gasteiger partial charge on any atom is -0.481 e. The number of rotatable bonds is 15. The first kappa shape index (κ1) is 32.2. The number of imidazole rings is 1. The van der Waals surface area contributed by atoms with Crippen molar-refractivity contribution in [3.63, 3.8) is 0 Å². The van der Waals surface area contributed by atoms with Gasteiger partial charge in [0.25, 0.3) is 0 Å². The van der Waals surface area contributed by atoms with Gasteiger partial charge in [0.05, 0.1) is 32.9 Å². The van der Waals surface area contributed by atoms with E-state index in [4.69, 9.17) is 29.6 Å². The number of aromatic nitrogens is 4. The summed E-state index contributed by atoms with van der Waals surface area (Å²) in [5.74, 6) is -1.71. The van der Waals surface area contributed by atoms with Crippen molar-refractivity contribution >= 4 is 36.7 Å². The van der Waals surface area contributed by atoms with Crippen molar-refractivity contribution in [3.05, 3.63) is 42.2 Å². The second-order valence-electron chi connectivity index (χ2n) is 9.82. The van der Waals surface area contributed by atoms with Crippen LogP contribution in [0.2, 0.25) is 0 Å². The maximum atomic E-state index is 13.5. The first-order valence-corrected chi connectivity index (χ1v) is 14.8. The number of methoxy groups -OCH3 is 1. The number of nitrogen functional groups attached to an aromatic ring is 1. The highest BCUT2D eigenvalue weighted by molar-refractivity contribution is 7.54. The number of carboxylic acid groups (broad SMARTS) is 1. The standard InChI is InChI=1S/C25H34N7O10P/c1-25(37)20(36)16(42-23(25)32-14-27-19-21(32)30-24(26)31-22(19)39-2)13-41-43(38,28-10-8-17(33)34)29-11-9-18(35)40-12-15-6-4-3-5-7-15/h3-7,14,16,20,23,36-37H,8-13H2,1-2H3,(H,33,34)(H2,26,30,31)(H2,28,29,38)/t16-,20-,23-,25-,43?/m1/s1. The Morgan fingerprint density at radius 1 is 1.19 bits per heavy atom. The van der Waals surface area contributed by atoms with Gasteiger partial charge in [0.15, 0.2) is 17.4 Å². The van der Waals surface area contributed by atoms with E-state index in [0.29, 0.717) is 0 Å². The number of esters is 1. The zero-order valence-electron chi connectivity index (χ0n) is 23.5. The molecule has 0 radical (unpaired) electrons. The van der Waals surface area contributed by atoms with Gasteiger partial charge in [0.2, 0.25) is 11.8 Å². The summed E-state index contributed by atoms with van der Waals surface area (Å²) in [5.41, 5.74) is 5.09. The number of carbonyl (C=O) groups excluding carboxylic acids is 1. The van der Waals surface area contributed by atoms with Crippen LogP contribution in [0.25, 0.3) is 11.2 Å². The van der Waals surface area contributed by atoms with Crippen LogP contribution in [0, 0.1) is 0 Å². The number of anilines is 1. The fourth-order valence-corrected chi connectivity index (χ4v) is 5.81. The molecule has 0 aliphatic carbocycles. The molecule has 1 aromatic carbocycles. The Balaban J connectivity index is 1.41. The third-order valence-electron chi connectivity index (χ3n) is 6.58. The SMILES string of the molecule is COc1nc(N)nc2c1ncn2[C@@H]1O[C@H](COP(=O)(NCCC(=O)O)NCCC(=O)OCc2ccccc2)[C@@H](O)[C@@]1(C)O. The second-order valence-corrected chi connectivity index (χ2v) is 11.8. The second kappa shape index (κ2) is 13.7. The fraction of sp³-hybridized carbons (Fsp3) is 0.480. The van der Waals surface area contributed by atoms with Gasteiger partial charge in [0, 0.05) is 13.1 Å². The van der Waals surface area contributed by atoms with E-state index in [1.165, 1.54) is 24.9 Å². The van der Waals surface area contributed by atoms with E-state index in [9.17, 15) is 24.4 Å². The number of benzene rings is 1. The van der Waals surface area contributed by atoms with Crippen LogP contribution in [0.4, 0.5) is 5.95 Å². The predicted molar refractivity (Wildman–Crippen MR) is 149 cm³/mol. The molecule has 5 atom stereocenters. The van der Waals surface area contributed by atoms with Gasteiger partial charge in [-0.15, -0.1) is 0 Å².